The van der Waals surface area contributed by atoms with Crippen molar-refractivity contribution in [3.05, 3.63) is 59.1 Å². The lowest BCUT2D eigenvalue weighted by atomic mass is 10.0. The number of nitrogens with zero attached hydrogens (tertiary/aromatic N) is 1. The highest BCUT2D eigenvalue weighted by molar-refractivity contribution is 5.89. The van der Waals surface area contributed by atoms with Crippen LogP contribution in [0.3, 0.4) is 0 Å². The predicted octanol–water partition coefficient (Wildman–Crippen LogP) is 2.30. The van der Waals surface area contributed by atoms with Crippen molar-refractivity contribution < 1.29 is 5.11 Å². The second kappa shape index (κ2) is 4.00. The van der Waals surface area contributed by atoms with E-state index in [0.29, 0.717) is 5.52 Å². The van der Waals surface area contributed by atoms with E-state index in [4.69, 9.17) is 0 Å². The van der Waals surface area contributed by atoms with Gasteiger partial charge in [0.05, 0.1) is 5.52 Å². The zero-order valence-corrected chi connectivity index (χ0v) is 9.42. The van der Waals surface area contributed by atoms with Gasteiger partial charge in [-0.2, -0.15) is 0 Å². The van der Waals surface area contributed by atoms with Crippen LogP contribution in [-0.2, 0) is 0 Å². The van der Waals surface area contributed by atoms with Gasteiger partial charge in [0, 0.05) is 29.4 Å². The van der Waals surface area contributed by atoms with Crippen molar-refractivity contribution in [1.29, 1.82) is 0 Å². The van der Waals surface area contributed by atoms with Crippen molar-refractivity contribution in [2.45, 2.75) is 0 Å². The van der Waals surface area contributed by atoms with E-state index in [2.05, 4.69) is 9.97 Å². The Labute approximate surface area is 103 Å². The van der Waals surface area contributed by atoms with Gasteiger partial charge < -0.3 is 10.1 Å². The second-order valence-electron chi connectivity index (χ2n) is 4.02. The molecule has 0 aliphatic carbocycles. The third-order valence-corrected chi connectivity index (χ3v) is 2.81. The van der Waals surface area contributed by atoms with E-state index in [9.17, 15) is 9.90 Å². The number of fused-ring (bicyclic) bond motifs is 1. The van der Waals surface area contributed by atoms with Crippen LogP contribution in [0.25, 0.3) is 22.0 Å². The number of phenols is 1. The SMILES string of the molecule is O=c1ccc2cc(-c3cccnc3)cc(O)c2[nH]1. The van der Waals surface area contributed by atoms with Crippen LogP contribution in [0.15, 0.2) is 53.6 Å². The summed E-state index contributed by atoms with van der Waals surface area (Å²) in [5.74, 6) is 0.0593. The monoisotopic (exact) mass is 238 g/mol. The molecule has 0 amide bonds. The summed E-state index contributed by atoms with van der Waals surface area (Å²) < 4.78 is 0. The van der Waals surface area contributed by atoms with Gasteiger partial charge in [-0.25, -0.2) is 0 Å². The number of benzene rings is 1. The van der Waals surface area contributed by atoms with E-state index >= 15 is 0 Å². The maximum absolute atomic E-state index is 11.2. The third kappa shape index (κ3) is 1.73. The molecule has 0 saturated carbocycles. The number of hydrogen-bond acceptors (Lipinski definition) is 3. The van der Waals surface area contributed by atoms with Crippen molar-refractivity contribution in [3.63, 3.8) is 0 Å². The fourth-order valence-electron chi connectivity index (χ4n) is 1.95. The van der Waals surface area contributed by atoms with Crippen LogP contribution in [0.4, 0.5) is 0 Å². The normalized spacial score (nSPS) is 10.7. The Hall–Kier alpha value is -2.62. The van der Waals surface area contributed by atoms with Gasteiger partial charge in [-0.05, 0) is 29.8 Å². The molecule has 4 nitrogen and oxygen atoms in total. The third-order valence-electron chi connectivity index (χ3n) is 2.81. The van der Waals surface area contributed by atoms with Gasteiger partial charge in [-0.15, -0.1) is 0 Å². The van der Waals surface area contributed by atoms with E-state index in [1.165, 1.54) is 6.07 Å². The van der Waals surface area contributed by atoms with Gasteiger partial charge in [0.2, 0.25) is 5.56 Å². The van der Waals surface area contributed by atoms with E-state index in [1.54, 1.807) is 24.5 Å². The molecular weight excluding hydrogens is 228 g/mol. The van der Waals surface area contributed by atoms with Crippen LogP contribution in [0.1, 0.15) is 0 Å². The number of rotatable bonds is 1. The molecule has 88 valence electrons. The van der Waals surface area contributed by atoms with Crippen LogP contribution in [0.2, 0.25) is 0 Å². The Balaban J connectivity index is 2.28. The first-order valence-electron chi connectivity index (χ1n) is 5.50. The topological polar surface area (TPSA) is 66.0 Å². The van der Waals surface area contributed by atoms with Gasteiger partial charge in [-0.3, -0.25) is 9.78 Å². The molecule has 2 N–H and O–H groups in total. The van der Waals surface area contributed by atoms with E-state index in [0.717, 1.165) is 16.5 Å². The molecule has 0 saturated heterocycles. The highest BCUT2D eigenvalue weighted by Gasteiger charge is 2.05. The molecule has 2 heterocycles. The molecule has 3 aromatic rings. The number of hydrogen-bond donors (Lipinski definition) is 2. The number of H-pyrrole nitrogens is 1. The molecule has 0 fully saturated rings. The first-order valence-corrected chi connectivity index (χ1v) is 5.50. The van der Waals surface area contributed by atoms with Gasteiger partial charge in [0.25, 0.3) is 0 Å². The number of phenolic OH excluding ortho intramolecular Hbond substituents is 1. The molecule has 0 unspecified atom stereocenters. The molecule has 0 bridgehead atoms. The zero-order valence-electron chi connectivity index (χ0n) is 9.42. The quantitative estimate of drug-likeness (QED) is 0.683. The van der Waals surface area contributed by atoms with Crippen LogP contribution < -0.4 is 5.56 Å². The van der Waals surface area contributed by atoms with Crippen molar-refractivity contribution in [2.75, 3.05) is 0 Å². The molecule has 0 aliphatic heterocycles. The van der Waals surface area contributed by atoms with Crippen LogP contribution in [0, 0.1) is 0 Å². The summed E-state index contributed by atoms with van der Waals surface area (Å²) in [4.78, 5) is 17.9. The summed E-state index contributed by atoms with van der Waals surface area (Å²) in [5, 5.41) is 10.7. The summed E-state index contributed by atoms with van der Waals surface area (Å²) in [5.41, 5.74) is 2.00. The fraction of sp³-hybridized carbons (Fsp3) is 0. The number of aromatic amines is 1. The van der Waals surface area contributed by atoms with Gasteiger partial charge >= 0.3 is 0 Å². The largest absolute Gasteiger partial charge is 0.506 e. The van der Waals surface area contributed by atoms with E-state index in [1.807, 2.05) is 18.2 Å². The number of pyridine rings is 2. The van der Waals surface area contributed by atoms with Crippen molar-refractivity contribution in [3.8, 4) is 16.9 Å². The average molecular weight is 238 g/mol. The fourth-order valence-corrected chi connectivity index (χ4v) is 1.95. The molecule has 0 radical (unpaired) electrons. The van der Waals surface area contributed by atoms with Crippen LogP contribution in [-0.4, -0.2) is 15.1 Å². The summed E-state index contributed by atoms with van der Waals surface area (Å²) in [6.07, 6.45) is 3.42. The molecule has 4 heteroatoms. The Kier molecular flexibility index (Phi) is 2.34. The first kappa shape index (κ1) is 10.5. The number of nitrogens with one attached hydrogen (secondary N) is 1. The Morgan fingerprint density at radius 2 is 2.00 bits per heavy atom. The smallest absolute Gasteiger partial charge is 0.248 e. The van der Waals surface area contributed by atoms with E-state index < -0.39 is 0 Å². The van der Waals surface area contributed by atoms with Gasteiger partial charge in [0.15, 0.2) is 0 Å². The van der Waals surface area contributed by atoms with Gasteiger partial charge in [0.1, 0.15) is 5.75 Å². The standard InChI is InChI=1S/C14H10N2O2/c17-12-7-11(10-2-1-5-15-8-10)6-9-3-4-13(18)16-14(9)12/h1-8,17H,(H,16,18). The minimum atomic E-state index is -0.230. The lowest BCUT2D eigenvalue weighted by Crippen LogP contribution is -2.02. The molecular formula is C14H10N2O2. The minimum absolute atomic E-state index is 0.0593. The molecule has 0 aliphatic rings. The van der Waals surface area contributed by atoms with E-state index in [-0.39, 0.29) is 11.3 Å². The molecule has 0 atom stereocenters. The predicted molar refractivity (Wildman–Crippen MR) is 69.5 cm³/mol. The second-order valence-corrected chi connectivity index (χ2v) is 4.02. The Morgan fingerprint density at radius 1 is 1.11 bits per heavy atom. The lowest BCUT2D eigenvalue weighted by Gasteiger charge is -2.05. The average Bonchev–Trinajstić information content (AvgIpc) is 2.40. The molecule has 0 spiro atoms. The van der Waals surface area contributed by atoms with Crippen molar-refractivity contribution >= 4 is 10.9 Å². The van der Waals surface area contributed by atoms with Crippen LogP contribution in [0.5, 0.6) is 5.75 Å². The summed E-state index contributed by atoms with van der Waals surface area (Å²) in [7, 11) is 0. The van der Waals surface area contributed by atoms with Crippen LogP contribution >= 0.6 is 0 Å². The molecule has 18 heavy (non-hydrogen) atoms. The highest BCUT2D eigenvalue weighted by Crippen LogP contribution is 2.29. The number of aromatic nitrogens is 2. The molecule has 3 rings (SSSR count). The van der Waals surface area contributed by atoms with Crippen molar-refractivity contribution in [1.82, 2.24) is 9.97 Å². The highest BCUT2D eigenvalue weighted by atomic mass is 16.3. The Morgan fingerprint density at radius 3 is 2.78 bits per heavy atom. The summed E-state index contributed by atoms with van der Waals surface area (Å²) in [6.45, 7) is 0. The molecule has 2 aromatic heterocycles. The first-order chi connectivity index (χ1) is 8.74. The summed E-state index contributed by atoms with van der Waals surface area (Å²) in [6, 6.07) is 10.4. The van der Waals surface area contributed by atoms with Crippen molar-refractivity contribution in [2.24, 2.45) is 0 Å². The minimum Gasteiger partial charge on any atom is -0.506 e. The van der Waals surface area contributed by atoms with Gasteiger partial charge in [-0.1, -0.05) is 6.07 Å². The molecule has 1 aromatic carbocycles. The maximum Gasteiger partial charge on any atom is 0.248 e. The maximum atomic E-state index is 11.2. The Bertz CT molecular complexity index is 764. The number of aromatic hydroxyl groups is 1. The lowest BCUT2D eigenvalue weighted by molar-refractivity contribution is 0.480. The summed E-state index contributed by atoms with van der Waals surface area (Å²) >= 11 is 0. The zero-order chi connectivity index (χ0) is 12.5.